The number of halogens is 1. The van der Waals surface area contributed by atoms with E-state index in [2.05, 4.69) is 22.3 Å². The maximum atomic E-state index is 12.7. The second kappa shape index (κ2) is 10.8. The third kappa shape index (κ3) is 5.75. The molecule has 1 aliphatic heterocycles. The van der Waals surface area contributed by atoms with E-state index >= 15 is 0 Å². The van der Waals surface area contributed by atoms with Crippen LogP contribution < -0.4 is 20.5 Å². The Morgan fingerprint density at radius 1 is 0.971 bits per heavy atom. The lowest BCUT2D eigenvalue weighted by molar-refractivity contribution is 0.0977. The van der Waals surface area contributed by atoms with Crippen LogP contribution in [0.15, 0.2) is 54.6 Å². The van der Waals surface area contributed by atoms with Crippen molar-refractivity contribution in [3.63, 3.8) is 0 Å². The minimum atomic E-state index is -0.703. The molecule has 3 N–H and O–H groups in total. The molecule has 0 saturated heterocycles. The van der Waals surface area contributed by atoms with E-state index in [9.17, 15) is 9.59 Å². The van der Waals surface area contributed by atoms with Crippen molar-refractivity contribution >= 4 is 29.1 Å². The number of hydrogen-bond acceptors (Lipinski definition) is 5. The van der Waals surface area contributed by atoms with Crippen molar-refractivity contribution in [2.45, 2.75) is 19.4 Å². The average Bonchev–Trinajstić information content (AvgIpc) is 2.87. The van der Waals surface area contributed by atoms with Crippen LogP contribution in [-0.2, 0) is 19.4 Å². The number of nitrogens with two attached hydrogens (primary N) is 1. The Labute approximate surface area is 209 Å². The third-order valence-corrected chi connectivity index (χ3v) is 6.45. The maximum absolute atomic E-state index is 12.7. The zero-order valence-corrected chi connectivity index (χ0v) is 20.5. The average molecular weight is 494 g/mol. The summed E-state index contributed by atoms with van der Waals surface area (Å²) in [4.78, 5) is 26.8. The number of carbonyl (C=O) groups is 2. The highest BCUT2D eigenvalue weighted by atomic mass is 35.5. The van der Waals surface area contributed by atoms with Gasteiger partial charge < -0.3 is 20.5 Å². The van der Waals surface area contributed by atoms with Crippen molar-refractivity contribution in [1.29, 1.82) is 0 Å². The van der Waals surface area contributed by atoms with Gasteiger partial charge >= 0.3 is 0 Å². The van der Waals surface area contributed by atoms with Gasteiger partial charge in [-0.15, -0.1) is 0 Å². The first-order valence-corrected chi connectivity index (χ1v) is 11.7. The number of carbonyl (C=O) groups excluding carboxylic acids is 2. The normalized spacial score (nSPS) is 13.1. The summed E-state index contributed by atoms with van der Waals surface area (Å²) in [5.74, 6) is 0.411. The molecule has 0 radical (unpaired) electrons. The van der Waals surface area contributed by atoms with Crippen molar-refractivity contribution in [2.24, 2.45) is 5.73 Å². The summed E-state index contributed by atoms with van der Waals surface area (Å²) in [6, 6.07) is 16.3. The molecule has 0 fully saturated rings. The van der Waals surface area contributed by atoms with Crippen molar-refractivity contribution in [3.05, 3.63) is 87.4 Å². The van der Waals surface area contributed by atoms with Gasteiger partial charge in [0.2, 0.25) is 5.91 Å². The molecule has 0 spiro atoms. The summed E-state index contributed by atoms with van der Waals surface area (Å²) in [7, 11) is 3.31. The van der Waals surface area contributed by atoms with Gasteiger partial charge in [0.05, 0.1) is 25.3 Å². The monoisotopic (exact) mass is 493 g/mol. The van der Waals surface area contributed by atoms with Crippen LogP contribution in [0.25, 0.3) is 0 Å². The topological polar surface area (TPSA) is 93.9 Å². The predicted octanol–water partition coefficient (Wildman–Crippen LogP) is 4.31. The molecule has 0 aliphatic carbocycles. The second-order valence-corrected chi connectivity index (χ2v) is 8.89. The largest absolute Gasteiger partial charge is 0.493 e. The molecule has 3 aromatic rings. The molecule has 1 heterocycles. The number of rotatable bonds is 8. The van der Waals surface area contributed by atoms with Crippen molar-refractivity contribution in [3.8, 4) is 11.5 Å². The number of nitrogens with one attached hydrogen (secondary N) is 1. The highest BCUT2D eigenvalue weighted by molar-refractivity contribution is 6.31. The van der Waals surface area contributed by atoms with Gasteiger partial charge in [-0.3, -0.25) is 14.5 Å². The van der Waals surface area contributed by atoms with Gasteiger partial charge in [-0.05, 0) is 72.0 Å². The number of fused-ring (bicyclic) bond motifs is 1. The molecule has 0 unspecified atom stereocenters. The first kappa shape index (κ1) is 24.6. The summed E-state index contributed by atoms with van der Waals surface area (Å²) >= 11 is 5.93. The molecular formula is C27H28ClN3O4. The van der Waals surface area contributed by atoms with Crippen LogP contribution in [-0.4, -0.2) is 44.0 Å². The van der Waals surface area contributed by atoms with Crippen molar-refractivity contribution < 1.29 is 19.1 Å². The van der Waals surface area contributed by atoms with E-state index in [0.29, 0.717) is 10.7 Å². The van der Waals surface area contributed by atoms with Gasteiger partial charge in [-0.25, -0.2) is 0 Å². The number of anilines is 1. The third-order valence-electron chi connectivity index (χ3n) is 6.22. The van der Waals surface area contributed by atoms with Gasteiger partial charge in [-0.1, -0.05) is 23.7 Å². The fourth-order valence-electron chi connectivity index (χ4n) is 4.29. The van der Waals surface area contributed by atoms with Crippen LogP contribution in [0.5, 0.6) is 11.5 Å². The van der Waals surface area contributed by atoms with Crippen LogP contribution >= 0.6 is 11.6 Å². The Balaban J connectivity index is 1.35. The van der Waals surface area contributed by atoms with Gasteiger partial charge in [0.25, 0.3) is 5.91 Å². The van der Waals surface area contributed by atoms with Crippen LogP contribution in [0.4, 0.5) is 5.69 Å². The van der Waals surface area contributed by atoms with Crippen LogP contribution in [0.1, 0.15) is 37.4 Å². The highest BCUT2D eigenvalue weighted by Crippen LogP contribution is 2.33. The first-order chi connectivity index (χ1) is 16.9. The number of nitrogens with zero attached hydrogens (tertiary/aromatic N) is 1. The number of amides is 2. The van der Waals surface area contributed by atoms with Gasteiger partial charge in [0, 0.05) is 30.3 Å². The van der Waals surface area contributed by atoms with E-state index < -0.39 is 11.8 Å². The molecule has 7 nitrogen and oxygen atoms in total. The zero-order chi connectivity index (χ0) is 24.9. The number of hydrogen-bond donors (Lipinski definition) is 2. The molecule has 0 atom stereocenters. The van der Waals surface area contributed by atoms with Crippen molar-refractivity contribution in [2.75, 3.05) is 32.6 Å². The predicted molar refractivity (Wildman–Crippen MR) is 137 cm³/mol. The molecule has 1 aliphatic rings. The second-order valence-electron chi connectivity index (χ2n) is 8.46. The van der Waals surface area contributed by atoms with E-state index in [1.165, 1.54) is 28.8 Å². The summed E-state index contributed by atoms with van der Waals surface area (Å²) < 4.78 is 10.9. The summed E-state index contributed by atoms with van der Waals surface area (Å²) in [6.45, 7) is 2.78. The smallest absolute Gasteiger partial charge is 0.256 e. The quantitative estimate of drug-likeness (QED) is 0.487. The Morgan fingerprint density at radius 2 is 1.66 bits per heavy atom. The Bertz CT molecular complexity index is 1240. The first-order valence-electron chi connectivity index (χ1n) is 11.3. The van der Waals surface area contributed by atoms with Gasteiger partial charge in [0.1, 0.15) is 0 Å². The molecule has 8 heteroatoms. The summed E-state index contributed by atoms with van der Waals surface area (Å²) in [5, 5.41) is 3.16. The molecule has 0 saturated carbocycles. The number of methoxy groups -OCH3 is 2. The molecule has 182 valence electrons. The number of ether oxygens (including phenoxy) is 2. The lowest BCUT2D eigenvalue weighted by Gasteiger charge is -2.29. The standard InChI is InChI=1S/C27H28ClN3O4/c1-34-24-13-18-10-12-31(16-19(18)14-25(24)35-2)11-9-17-3-6-21(7-4-17)30-27(33)22-8-5-20(28)15-23(22)26(29)32/h3-8,13-15H,9-12,16H2,1-2H3,(H2,29,32)(H,30,33). The van der Waals surface area contributed by atoms with E-state index in [-0.39, 0.29) is 11.1 Å². The molecule has 35 heavy (non-hydrogen) atoms. The lowest BCUT2D eigenvalue weighted by Crippen LogP contribution is -2.32. The molecule has 2 amide bonds. The van der Waals surface area contributed by atoms with E-state index in [1.54, 1.807) is 20.3 Å². The van der Waals surface area contributed by atoms with E-state index in [4.69, 9.17) is 26.8 Å². The fourth-order valence-corrected chi connectivity index (χ4v) is 4.46. The van der Waals surface area contributed by atoms with Crippen LogP contribution in [0.2, 0.25) is 5.02 Å². The number of benzene rings is 3. The Kier molecular flexibility index (Phi) is 7.58. The summed E-state index contributed by atoms with van der Waals surface area (Å²) in [5.41, 5.74) is 10.0. The van der Waals surface area contributed by atoms with E-state index in [0.717, 1.165) is 44.0 Å². The molecule has 0 bridgehead atoms. The van der Waals surface area contributed by atoms with Crippen molar-refractivity contribution in [1.82, 2.24) is 4.90 Å². The Morgan fingerprint density at radius 3 is 2.31 bits per heavy atom. The molecule has 0 aromatic heterocycles. The SMILES string of the molecule is COc1cc2c(cc1OC)CN(CCc1ccc(NC(=O)c3ccc(Cl)cc3C(N)=O)cc1)CC2. The highest BCUT2D eigenvalue weighted by Gasteiger charge is 2.19. The fraction of sp³-hybridized carbons (Fsp3) is 0.259. The molecular weight excluding hydrogens is 466 g/mol. The zero-order valence-electron chi connectivity index (χ0n) is 19.8. The summed E-state index contributed by atoms with van der Waals surface area (Å²) in [6.07, 6.45) is 1.86. The van der Waals surface area contributed by atoms with E-state index in [1.807, 2.05) is 24.3 Å². The minimum absolute atomic E-state index is 0.0887. The van der Waals surface area contributed by atoms with Crippen LogP contribution in [0, 0.1) is 0 Å². The lowest BCUT2D eigenvalue weighted by atomic mass is 9.98. The van der Waals surface area contributed by atoms with Gasteiger partial charge in [-0.2, -0.15) is 0 Å². The molecule has 3 aromatic carbocycles. The van der Waals surface area contributed by atoms with Gasteiger partial charge in [0.15, 0.2) is 11.5 Å². The minimum Gasteiger partial charge on any atom is -0.493 e. The maximum Gasteiger partial charge on any atom is 0.256 e. The Hall–Kier alpha value is -3.55. The van der Waals surface area contributed by atoms with Crippen LogP contribution in [0.3, 0.4) is 0 Å². The molecule has 4 rings (SSSR count). The number of primary amides is 1.